The Kier molecular flexibility index (Phi) is 5.10. The summed E-state index contributed by atoms with van der Waals surface area (Å²) in [5.41, 5.74) is 0.0492. The van der Waals surface area contributed by atoms with Gasteiger partial charge in [0.1, 0.15) is 0 Å². The second-order valence-electron chi connectivity index (χ2n) is 3.91. The number of aromatic nitrogens is 1. The average Bonchev–Trinajstić information content (AvgIpc) is 2.36. The first-order chi connectivity index (χ1) is 8.56. The number of carbonyl (C=O) groups is 2. The molecule has 98 valence electrons. The predicted molar refractivity (Wildman–Crippen MR) is 67.8 cm³/mol. The lowest BCUT2D eigenvalue weighted by molar-refractivity contribution is 0.0691. The second-order valence-corrected chi connectivity index (χ2v) is 3.91. The fourth-order valence-electron chi connectivity index (χ4n) is 1.38. The van der Waals surface area contributed by atoms with E-state index in [2.05, 4.69) is 10.3 Å². The van der Waals surface area contributed by atoms with E-state index < -0.39 is 5.97 Å². The summed E-state index contributed by atoms with van der Waals surface area (Å²) < 4.78 is 0. The highest BCUT2D eigenvalue weighted by Gasteiger charge is 2.15. The van der Waals surface area contributed by atoms with Crippen molar-refractivity contribution in [1.82, 2.24) is 9.88 Å². The van der Waals surface area contributed by atoms with Gasteiger partial charge in [0.05, 0.1) is 5.69 Å². The molecule has 6 nitrogen and oxygen atoms in total. The van der Waals surface area contributed by atoms with Crippen LogP contribution in [-0.4, -0.2) is 40.6 Å². The maximum atomic E-state index is 11.8. The average molecular weight is 251 g/mol. The largest absolute Gasteiger partial charge is 0.476 e. The molecule has 0 aliphatic rings. The molecule has 0 fully saturated rings. The number of carbonyl (C=O) groups excluding carboxylic acids is 1. The molecule has 0 unspecified atom stereocenters. The van der Waals surface area contributed by atoms with Gasteiger partial charge >= 0.3 is 12.0 Å². The van der Waals surface area contributed by atoms with Gasteiger partial charge in [-0.1, -0.05) is 13.3 Å². The lowest BCUT2D eigenvalue weighted by atomic mass is 10.3. The van der Waals surface area contributed by atoms with Crippen LogP contribution < -0.4 is 5.32 Å². The van der Waals surface area contributed by atoms with Crippen LogP contribution in [0.15, 0.2) is 18.3 Å². The molecule has 0 saturated heterocycles. The normalized spacial score (nSPS) is 9.89. The van der Waals surface area contributed by atoms with E-state index in [9.17, 15) is 9.59 Å². The van der Waals surface area contributed by atoms with Crippen molar-refractivity contribution in [1.29, 1.82) is 0 Å². The van der Waals surface area contributed by atoms with Crippen LogP contribution in [0.2, 0.25) is 0 Å². The quantitative estimate of drug-likeness (QED) is 0.839. The number of carboxylic acids is 1. The summed E-state index contributed by atoms with van der Waals surface area (Å²) in [6, 6.07) is 2.76. The van der Waals surface area contributed by atoms with Crippen molar-refractivity contribution in [2.45, 2.75) is 19.8 Å². The second kappa shape index (κ2) is 6.58. The van der Waals surface area contributed by atoms with Crippen LogP contribution in [0, 0.1) is 0 Å². The molecule has 0 bridgehead atoms. The third kappa shape index (κ3) is 3.73. The van der Waals surface area contributed by atoms with Crippen molar-refractivity contribution < 1.29 is 14.7 Å². The summed E-state index contributed by atoms with van der Waals surface area (Å²) in [7, 11) is 1.67. The minimum Gasteiger partial charge on any atom is -0.476 e. The molecule has 18 heavy (non-hydrogen) atoms. The van der Waals surface area contributed by atoms with Crippen molar-refractivity contribution in [2.24, 2.45) is 0 Å². The Hall–Kier alpha value is -2.11. The van der Waals surface area contributed by atoms with Crippen molar-refractivity contribution >= 4 is 17.7 Å². The molecule has 0 aromatic carbocycles. The molecule has 1 heterocycles. The number of aromatic carboxylic acids is 1. The fraction of sp³-hybridized carbons (Fsp3) is 0.417. The Morgan fingerprint density at radius 2 is 2.22 bits per heavy atom. The van der Waals surface area contributed by atoms with Gasteiger partial charge in [-0.25, -0.2) is 14.6 Å². The third-order valence-corrected chi connectivity index (χ3v) is 2.45. The minimum absolute atomic E-state index is 0.158. The van der Waals surface area contributed by atoms with E-state index in [0.29, 0.717) is 6.54 Å². The number of urea groups is 1. The molecule has 1 rings (SSSR count). The fourth-order valence-corrected chi connectivity index (χ4v) is 1.38. The molecule has 0 saturated carbocycles. The van der Waals surface area contributed by atoms with Crippen LogP contribution in [0.4, 0.5) is 10.5 Å². The zero-order valence-electron chi connectivity index (χ0n) is 10.5. The van der Waals surface area contributed by atoms with Gasteiger partial charge in [0, 0.05) is 19.8 Å². The van der Waals surface area contributed by atoms with E-state index in [1.165, 1.54) is 17.2 Å². The smallest absolute Gasteiger partial charge is 0.356 e. The number of unbranched alkanes of at least 4 members (excludes halogenated alkanes) is 1. The number of hydrogen-bond acceptors (Lipinski definition) is 3. The molecule has 1 aromatic rings. The molecule has 0 aliphatic heterocycles. The van der Waals surface area contributed by atoms with Crippen molar-refractivity contribution in [3.63, 3.8) is 0 Å². The van der Waals surface area contributed by atoms with Crippen molar-refractivity contribution in [3.8, 4) is 0 Å². The number of nitrogens with one attached hydrogen (secondary N) is 1. The Morgan fingerprint density at radius 1 is 1.50 bits per heavy atom. The van der Waals surface area contributed by atoms with Crippen LogP contribution in [-0.2, 0) is 0 Å². The molecule has 1 aromatic heterocycles. The number of rotatable bonds is 5. The SMILES string of the molecule is CCCCN(C)C(=O)Nc1cccnc1C(=O)O. The van der Waals surface area contributed by atoms with Gasteiger partial charge in [0.15, 0.2) is 5.69 Å². The highest BCUT2D eigenvalue weighted by atomic mass is 16.4. The Balaban J connectivity index is 2.72. The molecule has 0 atom stereocenters. The minimum atomic E-state index is -1.16. The maximum Gasteiger partial charge on any atom is 0.356 e. The first-order valence-corrected chi connectivity index (χ1v) is 5.76. The molecule has 6 heteroatoms. The van der Waals surface area contributed by atoms with E-state index in [1.807, 2.05) is 6.92 Å². The van der Waals surface area contributed by atoms with E-state index in [1.54, 1.807) is 13.1 Å². The van der Waals surface area contributed by atoms with Crippen molar-refractivity contribution in [2.75, 3.05) is 18.9 Å². The standard InChI is InChI=1S/C12H17N3O3/c1-3-4-8-15(2)12(18)14-9-6-5-7-13-10(9)11(16)17/h5-7H,3-4,8H2,1-2H3,(H,14,18)(H,16,17). The lowest BCUT2D eigenvalue weighted by Gasteiger charge is -2.17. The molecule has 0 aliphatic carbocycles. The van der Waals surface area contributed by atoms with Gasteiger partial charge in [0.25, 0.3) is 0 Å². The van der Waals surface area contributed by atoms with Crippen LogP contribution >= 0.6 is 0 Å². The number of pyridine rings is 1. The first-order valence-electron chi connectivity index (χ1n) is 5.76. The van der Waals surface area contributed by atoms with Crippen LogP contribution in [0.3, 0.4) is 0 Å². The summed E-state index contributed by atoms with van der Waals surface area (Å²) in [5, 5.41) is 11.5. The summed E-state index contributed by atoms with van der Waals surface area (Å²) in [4.78, 5) is 27.9. The highest BCUT2D eigenvalue weighted by molar-refractivity contribution is 5.98. The summed E-state index contributed by atoms with van der Waals surface area (Å²) in [6.45, 7) is 2.67. The van der Waals surface area contributed by atoms with E-state index in [-0.39, 0.29) is 17.4 Å². The number of hydrogen-bond donors (Lipinski definition) is 2. The van der Waals surface area contributed by atoms with Gasteiger partial charge in [-0.2, -0.15) is 0 Å². The Morgan fingerprint density at radius 3 is 2.83 bits per heavy atom. The van der Waals surface area contributed by atoms with Gasteiger partial charge < -0.3 is 15.3 Å². The predicted octanol–water partition coefficient (Wildman–Crippen LogP) is 2.04. The summed E-state index contributed by atoms with van der Waals surface area (Å²) in [6.07, 6.45) is 3.27. The first kappa shape index (κ1) is 14.0. The monoisotopic (exact) mass is 251 g/mol. The van der Waals surface area contributed by atoms with Gasteiger partial charge in [-0.05, 0) is 18.6 Å². The zero-order valence-corrected chi connectivity index (χ0v) is 10.5. The molecular formula is C12H17N3O3. The van der Waals surface area contributed by atoms with E-state index in [4.69, 9.17) is 5.11 Å². The van der Waals surface area contributed by atoms with Gasteiger partial charge in [0.2, 0.25) is 0 Å². The molecule has 2 N–H and O–H groups in total. The number of anilines is 1. The maximum absolute atomic E-state index is 11.8. The third-order valence-electron chi connectivity index (χ3n) is 2.45. The molecule has 2 amide bonds. The lowest BCUT2D eigenvalue weighted by Crippen LogP contribution is -2.32. The van der Waals surface area contributed by atoms with Crippen LogP contribution in [0.25, 0.3) is 0 Å². The van der Waals surface area contributed by atoms with Crippen molar-refractivity contribution in [3.05, 3.63) is 24.0 Å². The molecular weight excluding hydrogens is 234 g/mol. The highest BCUT2D eigenvalue weighted by Crippen LogP contribution is 2.12. The van der Waals surface area contributed by atoms with Gasteiger partial charge in [-0.3, -0.25) is 0 Å². The summed E-state index contributed by atoms with van der Waals surface area (Å²) in [5.74, 6) is -1.16. The Bertz CT molecular complexity index is 434. The van der Waals surface area contributed by atoms with Crippen LogP contribution in [0.5, 0.6) is 0 Å². The number of amides is 2. The number of nitrogens with zero attached hydrogens (tertiary/aromatic N) is 2. The van der Waals surface area contributed by atoms with E-state index in [0.717, 1.165) is 12.8 Å². The topological polar surface area (TPSA) is 82.5 Å². The molecule has 0 radical (unpaired) electrons. The number of carboxylic acid groups (broad SMARTS) is 1. The van der Waals surface area contributed by atoms with Crippen LogP contribution in [0.1, 0.15) is 30.3 Å². The Labute approximate surface area is 106 Å². The summed E-state index contributed by atoms with van der Waals surface area (Å²) >= 11 is 0. The molecule has 0 spiro atoms. The van der Waals surface area contributed by atoms with E-state index >= 15 is 0 Å². The zero-order chi connectivity index (χ0) is 13.5. The van der Waals surface area contributed by atoms with Gasteiger partial charge in [-0.15, -0.1) is 0 Å².